The van der Waals surface area contributed by atoms with Crippen LogP contribution >= 0.6 is 0 Å². The Morgan fingerprint density at radius 3 is 2.16 bits per heavy atom. The summed E-state index contributed by atoms with van der Waals surface area (Å²) in [5.74, 6) is -0.0304. The molecular formula is C14H20BNO3. The van der Waals surface area contributed by atoms with Crippen molar-refractivity contribution >= 4 is 18.5 Å². The fourth-order valence-electron chi connectivity index (χ4n) is 2.01. The lowest BCUT2D eigenvalue weighted by Crippen LogP contribution is -2.41. The Hall–Kier alpha value is -1.20. The standard InChI is InChI=1S/C14H20BNO3/c1-9-7-8-11(10(2)17)12(16-9)15-18-13(3,4)14(5,6)19-15/h7-8H,1-6H3. The molecule has 0 aromatic carbocycles. The summed E-state index contributed by atoms with van der Waals surface area (Å²) in [7, 11) is -0.594. The molecule has 0 bridgehead atoms. The molecule has 4 nitrogen and oxygen atoms in total. The molecule has 0 unspecified atom stereocenters. The van der Waals surface area contributed by atoms with Crippen molar-refractivity contribution < 1.29 is 14.1 Å². The van der Waals surface area contributed by atoms with Gasteiger partial charge in [-0.15, -0.1) is 0 Å². The largest absolute Gasteiger partial charge is 0.515 e. The van der Waals surface area contributed by atoms with Gasteiger partial charge in [-0.2, -0.15) is 0 Å². The van der Waals surface area contributed by atoms with Gasteiger partial charge >= 0.3 is 7.12 Å². The van der Waals surface area contributed by atoms with Crippen molar-refractivity contribution in [1.29, 1.82) is 0 Å². The molecule has 1 saturated heterocycles. The van der Waals surface area contributed by atoms with Gasteiger partial charge in [-0.25, -0.2) is 0 Å². The van der Waals surface area contributed by atoms with E-state index in [0.29, 0.717) is 11.2 Å². The van der Waals surface area contributed by atoms with Gasteiger partial charge in [0.25, 0.3) is 0 Å². The van der Waals surface area contributed by atoms with Gasteiger partial charge < -0.3 is 9.31 Å². The fraction of sp³-hybridized carbons (Fsp3) is 0.571. The van der Waals surface area contributed by atoms with Gasteiger partial charge in [0, 0.05) is 11.3 Å². The van der Waals surface area contributed by atoms with Crippen LogP contribution in [0, 0.1) is 6.92 Å². The quantitative estimate of drug-likeness (QED) is 0.602. The predicted octanol–water partition coefficient (Wildman–Crippen LogP) is 1.89. The molecule has 2 rings (SSSR count). The Bertz CT molecular complexity index is 509. The number of aromatic nitrogens is 1. The van der Waals surface area contributed by atoms with Crippen LogP contribution in [0.4, 0.5) is 0 Å². The van der Waals surface area contributed by atoms with Gasteiger partial charge in [0.1, 0.15) is 0 Å². The molecule has 1 aromatic heterocycles. The predicted molar refractivity (Wildman–Crippen MR) is 74.7 cm³/mol. The molecule has 0 amide bonds. The fourth-order valence-corrected chi connectivity index (χ4v) is 2.01. The molecule has 0 radical (unpaired) electrons. The zero-order chi connectivity index (χ0) is 14.4. The number of hydrogen-bond acceptors (Lipinski definition) is 4. The summed E-state index contributed by atoms with van der Waals surface area (Å²) in [6.07, 6.45) is 0. The third-order valence-corrected chi connectivity index (χ3v) is 3.92. The Morgan fingerprint density at radius 1 is 1.16 bits per heavy atom. The third kappa shape index (κ3) is 2.45. The molecule has 1 aromatic rings. The van der Waals surface area contributed by atoms with Crippen LogP contribution in [0.5, 0.6) is 0 Å². The van der Waals surface area contributed by atoms with E-state index in [-0.39, 0.29) is 5.78 Å². The minimum absolute atomic E-state index is 0.0304. The lowest BCUT2D eigenvalue weighted by molar-refractivity contribution is 0.00578. The molecule has 1 aliphatic rings. The highest BCUT2D eigenvalue weighted by Crippen LogP contribution is 2.36. The summed E-state index contributed by atoms with van der Waals surface area (Å²) >= 11 is 0. The van der Waals surface area contributed by atoms with Gasteiger partial charge in [0.15, 0.2) is 5.78 Å². The van der Waals surface area contributed by atoms with Crippen molar-refractivity contribution in [3.8, 4) is 0 Å². The number of rotatable bonds is 2. The second kappa shape index (κ2) is 4.42. The van der Waals surface area contributed by atoms with Gasteiger partial charge in [0.2, 0.25) is 0 Å². The first kappa shape index (κ1) is 14.2. The normalized spacial score (nSPS) is 20.6. The Morgan fingerprint density at radius 2 is 1.68 bits per heavy atom. The maximum Gasteiger partial charge on any atom is 0.515 e. The van der Waals surface area contributed by atoms with E-state index in [1.807, 2.05) is 40.7 Å². The first-order valence-electron chi connectivity index (χ1n) is 6.48. The summed E-state index contributed by atoms with van der Waals surface area (Å²) in [5, 5.41) is 0. The highest BCUT2D eigenvalue weighted by molar-refractivity contribution is 6.62. The van der Waals surface area contributed by atoms with Gasteiger partial charge in [0.05, 0.1) is 16.8 Å². The number of nitrogens with zero attached hydrogens (tertiary/aromatic N) is 1. The summed E-state index contributed by atoms with van der Waals surface area (Å²) in [4.78, 5) is 16.1. The van der Waals surface area contributed by atoms with E-state index in [2.05, 4.69) is 4.98 Å². The Labute approximate surface area is 114 Å². The van der Waals surface area contributed by atoms with Crippen molar-refractivity contribution in [1.82, 2.24) is 4.98 Å². The van der Waals surface area contributed by atoms with E-state index in [9.17, 15) is 4.79 Å². The lowest BCUT2D eigenvalue weighted by Gasteiger charge is -2.32. The summed E-state index contributed by atoms with van der Waals surface area (Å²) in [6.45, 7) is 11.3. The second-order valence-corrected chi connectivity index (χ2v) is 6.03. The van der Waals surface area contributed by atoms with E-state index in [4.69, 9.17) is 9.31 Å². The molecule has 0 spiro atoms. The maximum absolute atomic E-state index is 11.7. The number of aryl methyl sites for hydroxylation is 1. The molecule has 5 heteroatoms. The molecule has 2 heterocycles. The zero-order valence-electron chi connectivity index (χ0n) is 12.4. The zero-order valence-corrected chi connectivity index (χ0v) is 12.4. The number of carbonyl (C=O) groups is 1. The average molecular weight is 261 g/mol. The SMILES string of the molecule is CC(=O)c1ccc(C)nc1B1OC(C)(C)C(C)(C)O1. The van der Waals surface area contributed by atoms with E-state index in [1.165, 1.54) is 6.92 Å². The van der Waals surface area contributed by atoms with Gasteiger partial charge in [-0.1, -0.05) is 0 Å². The minimum atomic E-state index is -0.594. The molecule has 0 atom stereocenters. The van der Waals surface area contributed by atoms with Crippen LogP contribution in [0.3, 0.4) is 0 Å². The number of Topliss-reactive ketones (excluding diaryl/α,β-unsaturated/α-hetero) is 1. The molecular weight excluding hydrogens is 241 g/mol. The Balaban J connectivity index is 2.44. The van der Waals surface area contributed by atoms with Crippen LogP contribution in [0.15, 0.2) is 12.1 Å². The molecule has 102 valence electrons. The number of hydrogen-bond donors (Lipinski definition) is 0. The number of ketones is 1. The van der Waals surface area contributed by atoms with Crippen LogP contribution in [0.25, 0.3) is 0 Å². The maximum atomic E-state index is 11.7. The molecule has 0 aliphatic carbocycles. The molecule has 1 aliphatic heterocycles. The van der Waals surface area contributed by atoms with E-state index in [1.54, 1.807) is 6.07 Å². The molecule has 19 heavy (non-hydrogen) atoms. The van der Waals surface area contributed by atoms with E-state index in [0.717, 1.165) is 5.69 Å². The van der Waals surface area contributed by atoms with Crippen LogP contribution < -0.4 is 5.59 Å². The number of carbonyl (C=O) groups excluding carboxylic acids is 1. The van der Waals surface area contributed by atoms with Gasteiger partial charge in [-0.3, -0.25) is 9.78 Å². The minimum Gasteiger partial charge on any atom is -0.398 e. The van der Waals surface area contributed by atoms with Crippen LogP contribution in [0.2, 0.25) is 0 Å². The Kier molecular flexibility index (Phi) is 3.31. The van der Waals surface area contributed by atoms with Crippen molar-refractivity contribution in [2.24, 2.45) is 0 Å². The summed E-state index contributed by atoms with van der Waals surface area (Å²) in [5.41, 5.74) is 1.11. The highest BCUT2D eigenvalue weighted by Gasteiger charge is 2.53. The van der Waals surface area contributed by atoms with Crippen molar-refractivity contribution in [3.05, 3.63) is 23.4 Å². The third-order valence-electron chi connectivity index (χ3n) is 3.92. The first-order valence-corrected chi connectivity index (χ1v) is 6.48. The van der Waals surface area contributed by atoms with Crippen LogP contribution in [0.1, 0.15) is 50.7 Å². The monoisotopic (exact) mass is 261 g/mol. The first-order chi connectivity index (χ1) is 8.64. The highest BCUT2D eigenvalue weighted by atomic mass is 16.7. The molecule has 0 saturated carbocycles. The topological polar surface area (TPSA) is 48.4 Å². The van der Waals surface area contributed by atoms with Crippen molar-refractivity contribution in [2.45, 2.75) is 52.7 Å². The van der Waals surface area contributed by atoms with Crippen LogP contribution in [-0.2, 0) is 9.31 Å². The smallest absolute Gasteiger partial charge is 0.398 e. The lowest BCUT2D eigenvalue weighted by atomic mass is 9.80. The second-order valence-electron chi connectivity index (χ2n) is 6.03. The van der Waals surface area contributed by atoms with Crippen LogP contribution in [-0.4, -0.2) is 29.1 Å². The number of pyridine rings is 1. The van der Waals surface area contributed by atoms with E-state index >= 15 is 0 Å². The van der Waals surface area contributed by atoms with E-state index < -0.39 is 18.3 Å². The van der Waals surface area contributed by atoms with Crippen molar-refractivity contribution in [2.75, 3.05) is 0 Å². The molecule has 1 fully saturated rings. The van der Waals surface area contributed by atoms with Crippen molar-refractivity contribution in [3.63, 3.8) is 0 Å². The summed E-state index contributed by atoms with van der Waals surface area (Å²) < 4.78 is 11.9. The van der Waals surface area contributed by atoms with Gasteiger partial charge in [-0.05, 0) is 53.7 Å². The molecule has 0 N–H and O–H groups in total. The summed E-state index contributed by atoms with van der Waals surface area (Å²) in [6, 6.07) is 3.61. The average Bonchev–Trinajstić information content (AvgIpc) is 2.47.